The maximum atomic E-state index is 11.8. The number of ether oxygens (including phenoxy) is 2. The summed E-state index contributed by atoms with van der Waals surface area (Å²) in [6.45, 7) is 4.76. The first kappa shape index (κ1) is 19.4. The first-order valence-electron chi connectivity index (χ1n) is 8.82. The van der Waals surface area contributed by atoms with Crippen LogP contribution in [-0.4, -0.2) is 30.2 Å². The fraction of sp³-hybridized carbons (Fsp3) is 0.350. The molecular formula is C20H24N2O4. The molecule has 1 aromatic heterocycles. The highest BCUT2D eigenvalue weighted by Crippen LogP contribution is 2.24. The average molecular weight is 356 g/mol. The molecule has 138 valence electrons. The van der Waals surface area contributed by atoms with E-state index in [4.69, 9.17) is 9.47 Å². The van der Waals surface area contributed by atoms with E-state index in [1.807, 2.05) is 6.07 Å². The Morgan fingerprint density at radius 1 is 1.08 bits per heavy atom. The molecule has 1 amide bonds. The fourth-order valence-corrected chi connectivity index (χ4v) is 2.37. The number of unbranched alkanes of at least 4 members (excludes halogenated alkanes) is 2. The minimum absolute atomic E-state index is 0.305. The molecule has 0 aliphatic rings. The van der Waals surface area contributed by atoms with Crippen molar-refractivity contribution in [2.75, 3.05) is 13.2 Å². The van der Waals surface area contributed by atoms with E-state index in [9.17, 15) is 9.59 Å². The Kier molecular flexibility index (Phi) is 7.61. The molecule has 0 atom stereocenters. The van der Waals surface area contributed by atoms with E-state index in [1.54, 1.807) is 37.4 Å². The van der Waals surface area contributed by atoms with Crippen LogP contribution in [0.25, 0.3) is 11.1 Å². The average Bonchev–Trinajstić information content (AvgIpc) is 2.66. The molecule has 2 aromatic rings. The highest BCUT2D eigenvalue weighted by Gasteiger charge is 2.10. The molecule has 0 aliphatic carbocycles. The van der Waals surface area contributed by atoms with Crippen molar-refractivity contribution < 1.29 is 19.1 Å². The summed E-state index contributed by atoms with van der Waals surface area (Å²) in [5.41, 5.74) is 1.91. The molecule has 6 nitrogen and oxygen atoms in total. The van der Waals surface area contributed by atoms with E-state index in [0.29, 0.717) is 24.5 Å². The molecule has 0 spiro atoms. The van der Waals surface area contributed by atoms with Gasteiger partial charge in [0.15, 0.2) is 0 Å². The van der Waals surface area contributed by atoms with Crippen molar-refractivity contribution in [1.29, 1.82) is 0 Å². The number of amides is 1. The lowest BCUT2D eigenvalue weighted by Crippen LogP contribution is -2.27. The van der Waals surface area contributed by atoms with Gasteiger partial charge in [-0.2, -0.15) is 0 Å². The smallest absolute Gasteiger partial charge is 0.412 e. The third-order valence-corrected chi connectivity index (χ3v) is 3.68. The lowest BCUT2D eigenvalue weighted by molar-refractivity contribution is 0.0526. The van der Waals surface area contributed by atoms with Gasteiger partial charge in [-0.1, -0.05) is 31.9 Å². The number of pyridine rings is 1. The van der Waals surface area contributed by atoms with Crippen LogP contribution in [0.2, 0.25) is 0 Å². The zero-order chi connectivity index (χ0) is 18.8. The second kappa shape index (κ2) is 10.2. The SMILES string of the molecule is CCCCCNC(=O)Oc1cccc(-c2cncc(C(=O)OCC)c2)c1. The number of hydrogen-bond acceptors (Lipinski definition) is 5. The Morgan fingerprint density at radius 3 is 2.69 bits per heavy atom. The first-order chi connectivity index (χ1) is 12.6. The molecule has 2 rings (SSSR count). The summed E-state index contributed by atoms with van der Waals surface area (Å²) in [7, 11) is 0. The van der Waals surface area contributed by atoms with E-state index in [2.05, 4.69) is 17.2 Å². The van der Waals surface area contributed by atoms with Gasteiger partial charge in [0.05, 0.1) is 12.2 Å². The number of hydrogen-bond donors (Lipinski definition) is 1. The second-order valence-electron chi connectivity index (χ2n) is 5.73. The maximum absolute atomic E-state index is 11.8. The van der Waals surface area contributed by atoms with Crippen molar-refractivity contribution in [2.24, 2.45) is 0 Å². The summed E-state index contributed by atoms with van der Waals surface area (Å²) in [5, 5.41) is 2.73. The number of esters is 1. The number of aromatic nitrogens is 1. The molecule has 0 unspecified atom stereocenters. The van der Waals surface area contributed by atoms with Gasteiger partial charge in [0, 0.05) is 24.5 Å². The molecule has 1 heterocycles. The number of nitrogens with zero attached hydrogens (tertiary/aromatic N) is 1. The highest BCUT2D eigenvalue weighted by atomic mass is 16.6. The Bertz CT molecular complexity index is 746. The van der Waals surface area contributed by atoms with Gasteiger partial charge in [-0.25, -0.2) is 9.59 Å². The summed E-state index contributed by atoms with van der Waals surface area (Å²) >= 11 is 0. The van der Waals surface area contributed by atoms with E-state index < -0.39 is 12.1 Å². The molecule has 0 saturated heterocycles. The van der Waals surface area contributed by atoms with Crippen LogP contribution in [-0.2, 0) is 4.74 Å². The molecule has 0 saturated carbocycles. The number of carbonyl (C=O) groups excluding carboxylic acids is 2. The fourth-order valence-electron chi connectivity index (χ4n) is 2.37. The van der Waals surface area contributed by atoms with E-state index in [0.717, 1.165) is 30.4 Å². The highest BCUT2D eigenvalue weighted by molar-refractivity contribution is 5.90. The lowest BCUT2D eigenvalue weighted by atomic mass is 10.1. The Labute approximate surface area is 153 Å². The number of carbonyl (C=O) groups is 2. The van der Waals surface area contributed by atoms with Crippen molar-refractivity contribution in [3.05, 3.63) is 48.3 Å². The molecule has 0 radical (unpaired) electrons. The van der Waals surface area contributed by atoms with Crippen LogP contribution in [0.4, 0.5) is 4.79 Å². The molecule has 1 N–H and O–H groups in total. The maximum Gasteiger partial charge on any atom is 0.412 e. The van der Waals surface area contributed by atoms with Crippen LogP contribution in [0.15, 0.2) is 42.7 Å². The summed E-state index contributed by atoms with van der Waals surface area (Å²) in [6, 6.07) is 8.79. The molecule has 0 aliphatic heterocycles. The summed E-state index contributed by atoms with van der Waals surface area (Å²) in [6.07, 6.45) is 5.73. The Morgan fingerprint density at radius 2 is 1.92 bits per heavy atom. The number of benzene rings is 1. The number of rotatable bonds is 8. The van der Waals surface area contributed by atoms with Crippen LogP contribution in [0.3, 0.4) is 0 Å². The van der Waals surface area contributed by atoms with Crippen molar-refractivity contribution >= 4 is 12.1 Å². The predicted octanol–water partition coefficient (Wildman–Crippen LogP) is 4.20. The standard InChI is InChI=1S/C20H24N2O4/c1-3-5-6-10-22-20(24)26-18-9-7-8-15(12-18)16-11-17(14-21-13-16)19(23)25-4-2/h7-9,11-14H,3-6,10H2,1-2H3,(H,22,24). The van der Waals surface area contributed by atoms with Gasteiger partial charge in [-0.05, 0) is 37.1 Å². The summed E-state index contributed by atoms with van der Waals surface area (Å²) < 4.78 is 10.3. The molecule has 6 heteroatoms. The normalized spacial score (nSPS) is 10.2. The van der Waals surface area contributed by atoms with Gasteiger partial charge in [0.25, 0.3) is 0 Å². The lowest BCUT2D eigenvalue weighted by Gasteiger charge is -2.09. The van der Waals surface area contributed by atoms with Gasteiger partial charge in [0.1, 0.15) is 5.75 Å². The quantitative estimate of drug-likeness (QED) is 0.566. The van der Waals surface area contributed by atoms with Crippen molar-refractivity contribution in [3.8, 4) is 16.9 Å². The van der Waals surface area contributed by atoms with Crippen molar-refractivity contribution in [3.63, 3.8) is 0 Å². The molecule has 0 bridgehead atoms. The van der Waals surface area contributed by atoms with Gasteiger partial charge in [-0.3, -0.25) is 4.98 Å². The predicted molar refractivity (Wildman–Crippen MR) is 99.2 cm³/mol. The van der Waals surface area contributed by atoms with Gasteiger partial charge in [-0.15, -0.1) is 0 Å². The monoisotopic (exact) mass is 356 g/mol. The number of nitrogens with one attached hydrogen (secondary N) is 1. The minimum atomic E-state index is -0.475. The summed E-state index contributed by atoms with van der Waals surface area (Å²) in [4.78, 5) is 27.8. The topological polar surface area (TPSA) is 77.5 Å². The Hall–Kier alpha value is -2.89. The van der Waals surface area contributed by atoms with E-state index >= 15 is 0 Å². The third-order valence-electron chi connectivity index (χ3n) is 3.68. The molecule has 0 fully saturated rings. The van der Waals surface area contributed by atoms with Crippen LogP contribution < -0.4 is 10.1 Å². The van der Waals surface area contributed by atoms with Crippen LogP contribution >= 0.6 is 0 Å². The largest absolute Gasteiger partial charge is 0.462 e. The Balaban J connectivity index is 2.06. The zero-order valence-corrected chi connectivity index (χ0v) is 15.2. The van der Waals surface area contributed by atoms with Gasteiger partial charge < -0.3 is 14.8 Å². The first-order valence-corrected chi connectivity index (χ1v) is 8.82. The molecule has 26 heavy (non-hydrogen) atoms. The van der Waals surface area contributed by atoms with Crippen LogP contribution in [0, 0.1) is 0 Å². The van der Waals surface area contributed by atoms with Crippen LogP contribution in [0.1, 0.15) is 43.5 Å². The van der Waals surface area contributed by atoms with E-state index in [1.165, 1.54) is 6.20 Å². The summed E-state index contributed by atoms with van der Waals surface area (Å²) in [5.74, 6) is 0.0118. The van der Waals surface area contributed by atoms with Gasteiger partial charge >= 0.3 is 12.1 Å². The van der Waals surface area contributed by atoms with Crippen LogP contribution in [0.5, 0.6) is 5.75 Å². The van der Waals surface area contributed by atoms with Crippen molar-refractivity contribution in [2.45, 2.75) is 33.1 Å². The van der Waals surface area contributed by atoms with E-state index in [-0.39, 0.29) is 0 Å². The van der Waals surface area contributed by atoms with Gasteiger partial charge in [0.2, 0.25) is 0 Å². The third kappa shape index (κ3) is 5.88. The van der Waals surface area contributed by atoms with Crippen molar-refractivity contribution in [1.82, 2.24) is 10.3 Å². The zero-order valence-electron chi connectivity index (χ0n) is 15.2. The second-order valence-corrected chi connectivity index (χ2v) is 5.73. The minimum Gasteiger partial charge on any atom is -0.462 e. The molecule has 1 aromatic carbocycles. The molecular weight excluding hydrogens is 332 g/mol.